The van der Waals surface area contributed by atoms with Crippen LogP contribution in [-0.2, 0) is 4.79 Å². The zero-order valence-electron chi connectivity index (χ0n) is 15.3. The molecule has 0 saturated heterocycles. The van der Waals surface area contributed by atoms with Crippen LogP contribution in [0.25, 0.3) is 0 Å². The first-order valence-corrected chi connectivity index (χ1v) is 8.02. The molecule has 2 aromatic carbocycles. The van der Waals surface area contributed by atoms with Crippen LogP contribution >= 0.6 is 0 Å². The summed E-state index contributed by atoms with van der Waals surface area (Å²) >= 11 is 0. The second kappa shape index (κ2) is 9.23. The minimum absolute atomic E-state index is 0.250. The summed E-state index contributed by atoms with van der Waals surface area (Å²) in [6.45, 7) is 1.53. The third-order valence-electron chi connectivity index (χ3n) is 3.61. The van der Waals surface area contributed by atoms with Crippen LogP contribution in [0, 0.1) is 6.92 Å². The highest BCUT2D eigenvalue weighted by molar-refractivity contribution is 5.96. The molecule has 0 heterocycles. The number of nitrogens with two attached hydrogens (primary N) is 1. The number of nitrogens with one attached hydrogen (secondary N) is 1. The van der Waals surface area contributed by atoms with Gasteiger partial charge >= 0.3 is 0 Å². The number of hydrogen-bond acceptors (Lipinski definition) is 6. The van der Waals surface area contributed by atoms with Crippen molar-refractivity contribution in [3.63, 3.8) is 0 Å². The van der Waals surface area contributed by atoms with Crippen LogP contribution in [0.15, 0.2) is 41.5 Å². The van der Waals surface area contributed by atoms with Gasteiger partial charge in [0, 0.05) is 11.1 Å². The van der Waals surface area contributed by atoms with Crippen molar-refractivity contribution >= 4 is 18.0 Å². The molecule has 0 radical (unpaired) electrons. The Morgan fingerprint density at radius 1 is 1.15 bits per heavy atom. The van der Waals surface area contributed by atoms with Gasteiger partial charge in [-0.25, -0.2) is 5.43 Å². The molecule has 2 amide bonds. The number of benzene rings is 2. The van der Waals surface area contributed by atoms with E-state index in [2.05, 4.69) is 10.5 Å². The molecule has 0 atom stereocenters. The van der Waals surface area contributed by atoms with Crippen molar-refractivity contribution in [2.45, 2.75) is 6.92 Å². The number of ether oxygens (including phenoxy) is 3. The lowest BCUT2D eigenvalue weighted by molar-refractivity contribution is -0.120. The SMILES string of the molecule is COc1cc(/C=N\NC(=O)c2ccccc2C)cc(OC)c1OCC(N)=O. The lowest BCUT2D eigenvalue weighted by Crippen LogP contribution is -2.20. The molecule has 0 aliphatic carbocycles. The van der Waals surface area contributed by atoms with E-state index in [-0.39, 0.29) is 18.3 Å². The average molecular weight is 371 g/mol. The van der Waals surface area contributed by atoms with Crippen LogP contribution in [0.2, 0.25) is 0 Å². The first kappa shape index (κ1) is 19.8. The Morgan fingerprint density at radius 2 is 1.78 bits per heavy atom. The molecule has 0 aromatic heterocycles. The van der Waals surface area contributed by atoms with Gasteiger partial charge < -0.3 is 19.9 Å². The number of rotatable bonds is 8. The Morgan fingerprint density at radius 3 is 2.33 bits per heavy atom. The maximum Gasteiger partial charge on any atom is 0.271 e. The van der Waals surface area contributed by atoms with Crippen molar-refractivity contribution in [3.8, 4) is 17.2 Å². The molecule has 0 saturated carbocycles. The van der Waals surface area contributed by atoms with Crippen LogP contribution in [0.5, 0.6) is 17.2 Å². The van der Waals surface area contributed by atoms with Crippen molar-refractivity contribution in [1.82, 2.24) is 5.43 Å². The summed E-state index contributed by atoms with van der Waals surface area (Å²) in [6, 6.07) is 10.5. The van der Waals surface area contributed by atoms with Gasteiger partial charge in [0.05, 0.1) is 20.4 Å². The molecule has 0 aliphatic rings. The van der Waals surface area contributed by atoms with E-state index < -0.39 is 5.91 Å². The van der Waals surface area contributed by atoms with E-state index in [0.29, 0.717) is 22.6 Å². The fourth-order valence-corrected chi connectivity index (χ4v) is 2.31. The number of methoxy groups -OCH3 is 2. The highest BCUT2D eigenvalue weighted by Crippen LogP contribution is 2.38. The molecular weight excluding hydrogens is 350 g/mol. The maximum atomic E-state index is 12.2. The molecule has 8 nitrogen and oxygen atoms in total. The van der Waals surface area contributed by atoms with Gasteiger partial charge in [-0.05, 0) is 30.7 Å². The van der Waals surface area contributed by atoms with Gasteiger partial charge in [-0.3, -0.25) is 9.59 Å². The van der Waals surface area contributed by atoms with E-state index in [0.717, 1.165) is 5.56 Å². The minimum atomic E-state index is -0.622. The molecule has 0 spiro atoms. The minimum Gasteiger partial charge on any atom is -0.493 e. The van der Waals surface area contributed by atoms with Gasteiger partial charge in [0.25, 0.3) is 11.8 Å². The molecule has 0 fully saturated rings. The van der Waals surface area contributed by atoms with Gasteiger partial charge in [-0.1, -0.05) is 18.2 Å². The summed E-state index contributed by atoms with van der Waals surface area (Å²) in [7, 11) is 2.90. The first-order valence-electron chi connectivity index (χ1n) is 8.02. The number of primary amides is 1. The first-order chi connectivity index (χ1) is 13.0. The van der Waals surface area contributed by atoms with Crippen molar-refractivity contribution in [1.29, 1.82) is 0 Å². The molecule has 142 valence electrons. The number of carbonyl (C=O) groups is 2. The Labute approximate surface area is 156 Å². The van der Waals surface area contributed by atoms with Crippen molar-refractivity contribution in [3.05, 3.63) is 53.1 Å². The molecule has 0 unspecified atom stereocenters. The van der Waals surface area contributed by atoms with Crippen LogP contribution in [-0.4, -0.2) is 38.9 Å². The topological polar surface area (TPSA) is 112 Å². The van der Waals surface area contributed by atoms with E-state index in [1.807, 2.05) is 19.1 Å². The largest absolute Gasteiger partial charge is 0.493 e. The lowest BCUT2D eigenvalue weighted by atomic mass is 10.1. The average Bonchev–Trinajstić information content (AvgIpc) is 2.66. The van der Waals surface area contributed by atoms with E-state index in [9.17, 15) is 9.59 Å². The Kier molecular flexibility index (Phi) is 6.76. The van der Waals surface area contributed by atoms with E-state index >= 15 is 0 Å². The monoisotopic (exact) mass is 371 g/mol. The van der Waals surface area contributed by atoms with Gasteiger partial charge in [0.1, 0.15) is 0 Å². The number of hydrogen-bond donors (Lipinski definition) is 2. The van der Waals surface area contributed by atoms with Crippen molar-refractivity contribution in [2.24, 2.45) is 10.8 Å². The number of hydrazone groups is 1. The third kappa shape index (κ3) is 5.21. The zero-order valence-corrected chi connectivity index (χ0v) is 15.3. The summed E-state index contributed by atoms with van der Waals surface area (Å²) in [4.78, 5) is 23.1. The fourth-order valence-electron chi connectivity index (χ4n) is 2.31. The third-order valence-corrected chi connectivity index (χ3v) is 3.61. The van der Waals surface area contributed by atoms with Gasteiger partial charge in [0.2, 0.25) is 5.75 Å². The predicted molar refractivity (Wildman–Crippen MR) is 100 cm³/mol. The fraction of sp³-hybridized carbons (Fsp3) is 0.211. The number of carbonyl (C=O) groups excluding carboxylic acids is 2. The molecule has 0 bridgehead atoms. The Hall–Kier alpha value is -3.55. The van der Waals surface area contributed by atoms with Crippen LogP contribution in [0.3, 0.4) is 0 Å². The summed E-state index contributed by atoms with van der Waals surface area (Å²) < 4.78 is 15.9. The zero-order chi connectivity index (χ0) is 19.8. The molecular formula is C19H21N3O5. The second-order valence-corrected chi connectivity index (χ2v) is 5.52. The molecule has 2 aromatic rings. The van der Waals surface area contributed by atoms with E-state index in [4.69, 9.17) is 19.9 Å². The van der Waals surface area contributed by atoms with Crippen molar-refractivity contribution < 1.29 is 23.8 Å². The quantitative estimate of drug-likeness (QED) is 0.541. The van der Waals surface area contributed by atoms with Crippen LogP contribution < -0.4 is 25.4 Å². The Balaban J connectivity index is 2.18. The normalized spacial score (nSPS) is 10.5. The summed E-state index contributed by atoms with van der Waals surface area (Å²) in [5, 5.41) is 3.96. The molecule has 27 heavy (non-hydrogen) atoms. The molecule has 0 aliphatic heterocycles. The standard InChI is InChI=1S/C19H21N3O5/c1-12-6-4-5-7-14(12)19(24)22-21-10-13-8-15(25-2)18(16(9-13)26-3)27-11-17(20)23/h4-10H,11H2,1-3H3,(H2,20,23)(H,22,24)/b21-10-. The summed E-state index contributed by atoms with van der Waals surface area (Å²) in [5.74, 6) is -0.0159. The molecule has 3 N–H and O–H groups in total. The number of amides is 2. The maximum absolute atomic E-state index is 12.2. The van der Waals surface area contributed by atoms with Gasteiger partial charge in [0.15, 0.2) is 18.1 Å². The predicted octanol–water partition coefficient (Wildman–Crippen LogP) is 1.64. The molecule has 8 heteroatoms. The van der Waals surface area contributed by atoms with E-state index in [1.54, 1.807) is 24.3 Å². The highest BCUT2D eigenvalue weighted by atomic mass is 16.5. The van der Waals surface area contributed by atoms with Crippen LogP contribution in [0.4, 0.5) is 0 Å². The van der Waals surface area contributed by atoms with Gasteiger partial charge in [-0.2, -0.15) is 5.10 Å². The van der Waals surface area contributed by atoms with E-state index in [1.165, 1.54) is 20.4 Å². The number of aryl methyl sites for hydroxylation is 1. The second-order valence-electron chi connectivity index (χ2n) is 5.52. The highest BCUT2D eigenvalue weighted by Gasteiger charge is 2.15. The lowest BCUT2D eigenvalue weighted by Gasteiger charge is -2.14. The van der Waals surface area contributed by atoms with Crippen LogP contribution in [0.1, 0.15) is 21.5 Å². The van der Waals surface area contributed by atoms with Crippen molar-refractivity contribution in [2.75, 3.05) is 20.8 Å². The van der Waals surface area contributed by atoms with Gasteiger partial charge in [-0.15, -0.1) is 0 Å². The number of nitrogens with zero attached hydrogens (tertiary/aromatic N) is 1. The summed E-state index contributed by atoms with van der Waals surface area (Å²) in [6.07, 6.45) is 1.44. The molecule has 2 rings (SSSR count). The summed E-state index contributed by atoms with van der Waals surface area (Å²) in [5.41, 5.74) is 9.56. The Bertz CT molecular complexity index is 839. The smallest absolute Gasteiger partial charge is 0.271 e.